The molecule has 0 aliphatic carbocycles. The Kier molecular flexibility index (Phi) is 7.74. The monoisotopic (exact) mass is 552 g/mol. The minimum Gasteiger partial charge on any atom is -0.489 e. The molecule has 2 heterocycles. The highest BCUT2D eigenvalue weighted by molar-refractivity contribution is 9.10. The Morgan fingerprint density at radius 3 is 1.72 bits per heavy atom. The quantitative estimate of drug-likeness (QED) is 0.238. The molecule has 2 aromatic carbocycles. The highest BCUT2D eigenvalue weighted by Crippen LogP contribution is 2.21. The number of hydrogen-bond acceptors (Lipinski definition) is 5. The highest BCUT2D eigenvalue weighted by atomic mass is 79.9. The van der Waals surface area contributed by atoms with Gasteiger partial charge in [0.15, 0.2) is 0 Å². The second-order valence-corrected chi connectivity index (χ2v) is 9.02. The lowest BCUT2D eigenvalue weighted by atomic mass is 10.1. The van der Waals surface area contributed by atoms with Crippen molar-refractivity contribution in [1.29, 1.82) is 0 Å². The van der Waals surface area contributed by atoms with Gasteiger partial charge >= 0.3 is 0 Å². The first-order valence-corrected chi connectivity index (χ1v) is 11.7. The van der Waals surface area contributed by atoms with Crippen LogP contribution in [0.5, 0.6) is 5.75 Å². The molecule has 162 valence electrons. The SMILES string of the molecule is Brc1ccc(NCc2cc(CNc3ccc(Br)cn3)cc(OCc3ccccc3)c2)nc1. The molecular weight excluding hydrogens is 532 g/mol. The van der Waals surface area contributed by atoms with Crippen molar-refractivity contribution in [2.24, 2.45) is 0 Å². The third-order valence-corrected chi connectivity index (χ3v) is 5.61. The molecule has 0 saturated heterocycles. The summed E-state index contributed by atoms with van der Waals surface area (Å²) < 4.78 is 8.02. The fraction of sp³-hybridized carbons (Fsp3) is 0.120. The lowest BCUT2D eigenvalue weighted by molar-refractivity contribution is 0.305. The van der Waals surface area contributed by atoms with Crippen molar-refractivity contribution in [2.75, 3.05) is 10.6 Å². The third-order valence-electron chi connectivity index (χ3n) is 4.68. The van der Waals surface area contributed by atoms with Crippen LogP contribution in [-0.2, 0) is 19.7 Å². The zero-order valence-electron chi connectivity index (χ0n) is 17.3. The van der Waals surface area contributed by atoms with Crippen LogP contribution in [-0.4, -0.2) is 9.97 Å². The normalized spacial score (nSPS) is 10.6. The number of aromatic nitrogens is 2. The summed E-state index contributed by atoms with van der Waals surface area (Å²) in [4.78, 5) is 8.77. The molecular formula is C25H22Br2N4O. The molecule has 2 aromatic heterocycles. The Balaban J connectivity index is 1.48. The zero-order valence-corrected chi connectivity index (χ0v) is 20.4. The molecule has 4 rings (SSSR count). The van der Waals surface area contributed by atoms with E-state index in [1.807, 2.05) is 42.5 Å². The fourth-order valence-corrected chi connectivity index (χ4v) is 3.57. The Morgan fingerprint density at radius 2 is 1.22 bits per heavy atom. The molecule has 5 nitrogen and oxygen atoms in total. The standard InChI is InChI=1S/C25H22Br2N4O/c26-21-6-8-24(30-15-21)28-13-19-10-20(14-29-25-9-7-22(27)16-31-25)12-23(11-19)32-17-18-4-2-1-3-5-18/h1-12,15-16H,13-14,17H2,(H,28,30)(H,29,31). The van der Waals surface area contributed by atoms with E-state index in [1.165, 1.54) is 0 Å². The highest BCUT2D eigenvalue weighted by Gasteiger charge is 2.05. The van der Waals surface area contributed by atoms with Crippen molar-refractivity contribution in [3.8, 4) is 5.75 Å². The smallest absolute Gasteiger partial charge is 0.126 e. The van der Waals surface area contributed by atoms with Crippen molar-refractivity contribution in [3.05, 3.63) is 111 Å². The molecule has 0 atom stereocenters. The van der Waals surface area contributed by atoms with Gasteiger partial charge < -0.3 is 15.4 Å². The van der Waals surface area contributed by atoms with E-state index in [0.29, 0.717) is 19.7 Å². The van der Waals surface area contributed by atoms with E-state index < -0.39 is 0 Å². The number of ether oxygens (including phenoxy) is 1. The summed E-state index contributed by atoms with van der Waals surface area (Å²) in [5, 5.41) is 6.74. The average molecular weight is 554 g/mol. The van der Waals surface area contributed by atoms with Gasteiger partial charge in [-0.3, -0.25) is 0 Å². The average Bonchev–Trinajstić information content (AvgIpc) is 2.83. The molecule has 0 aliphatic heterocycles. The maximum absolute atomic E-state index is 6.11. The number of hydrogen-bond donors (Lipinski definition) is 2. The Labute approximate surface area is 204 Å². The number of benzene rings is 2. The second-order valence-electron chi connectivity index (χ2n) is 7.19. The lowest BCUT2D eigenvalue weighted by Crippen LogP contribution is -2.06. The molecule has 0 aliphatic rings. The first kappa shape index (κ1) is 22.3. The van der Waals surface area contributed by atoms with Crippen LogP contribution in [0.1, 0.15) is 16.7 Å². The van der Waals surface area contributed by atoms with Crippen LogP contribution < -0.4 is 15.4 Å². The van der Waals surface area contributed by atoms with E-state index in [2.05, 4.69) is 82.8 Å². The number of pyridine rings is 2. The van der Waals surface area contributed by atoms with Gasteiger partial charge in [0.1, 0.15) is 24.0 Å². The van der Waals surface area contributed by atoms with Gasteiger partial charge in [0.05, 0.1) is 0 Å². The van der Waals surface area contributed by atoms with Gasteiger partial charge in [0.25, 0.3) is 0 Å². The molecule has 0 radical (unpaired) electrons. The van der Waals surface area contributed by atoms with E-state index >= 15 is 0 Å². The van der Waals surface area contributed by atoms with Gasteiger partial charge in [-0.05, 0) is 84.9 Å². The van der Waals surface area contributed by atoms with E-state index in [-0.39, 0.29) is 0 Å². The second kappa shape index (κ2) is 11.1. The molecule has 0 spiro atoms. The summed E-state index contributed by atoms with van der Waals surface area (Å²) in [6, 6.07) is 24.3. The molecule has 0 fully saturated rings. The summed E-state index contributed by atoms with van der Waals surface area (Å²) in [6.07, 6.45) is 3.56. The van der Waals surface area contributed by atoms with Crippen molar-refractivity contribution < 1.29 is 4.74 Å². The van der Waals surface area contributed by atoms with Gasteiger partial charge in [-0.25, -0.2) is 9.97 Å². The number of anilines is 2. The number of nitrogens with one attached hydrogen (secondary N) is 2. The van der Waals surface area contributed by atoms with Crippen LogP contribution in [0.2, 0.25) is 0 Å². The summed E-state index contributed by atoms with van der Waals surface area (Å²) in [5.74, 6) is 2.47. The molecule has 0 amide bonds. The maximum Gasteiger partial charge on any atom is 0.126 e. The predicted molar refractivity (Wildman–Crippen MR) is 136 cm³/mol. The Morgan fingerprint density at radius 1 is 0.656 bits per heavy atom. The molecule has 7 heteroatoms. The largest absolute Gasteiger partial charge is 0.489 e. The topological polar surface area (TPSA) is 59.1 Å². The first-order valence-electron chi connectivity index (χ1n) is 10.1. The molecule has 2 N–H and O–H groups in total. The van der Waals surface area contributed by atoms with E-state index in [1.54, 1.807) is 12.4 Å². The van der Waals surface area contributed by atoms with Crippen LogP contribution in [0.25, 0.3) is 0 Å². The number of halogens is 2. The molecule has 0 bridgehead atoms. The van der Waals surface area contributed by atoms with Crippen LogP contribution in [0, 0.1) is 0 Å². The van der Waals surface area contributed by atoms with Crippen molar-refractivity contribution >= 4 is 43.5 Å². The van der Waals surface area contributed by atoms with Crippen LogP contribution in [0.3, 0.4) is 0 Å². The van der Waals surface area contributed by atoms with Crippen molar-refractivity contribution in [3.63, 3.8) is 0 Å². The molecule has 0 unspecified atom stereocenters. The van der Waals surface area contributed by atoms with Gasteiger partial charge in [-0.15, -0.1) is 0 Å². The molecule has 32 heavy (non-hydrogen) atoms. The zero-order chi connectivity index (χ0) is 22.2. The van der Waals surface area contributed by atoms with E-state index in [9.17, 15) is 0 Å². The number of rotatable bonds is 9. The first-order chi connectivity index (χ1) is 15.6. The van der Waals surface area contributed by atoms with Gasteiger partial charge in [0.2, 0.25) is 0 Å². The maximum atomic E-state index is 6.11. The van der Waals surface area contributed by atoms with Gasteiger partial charge in [0, 0.05) is 34.4 Å². The van der Waals surface area contributed by atoms with E-state index in [4.69, 9.17) is 4.74 Å². The summed E-state index contributed by atoms with van der Waals surface area (Å²) in [7, 11) is 0. The fourth-order valence-electron chi connectivity index (χ4n) is 3.10. The Bertz CT molecular complexity index is 1070. The van der Waals surface area contributed by atoms with E-state index in [0.717, 1.165) is 43.0 Å². The number of nitrogens with zero attached hydrogens (tertiary/aromatic N) is 2. The molecule has 0 saturated carbocycles. The van der Waals surface area contributed by atoms with Crippen LogP contribution in [0.4, 0.5) is 11.6 Å². The molecule has 4 aromatic rings. The minimum absolute atomic E-state index is 0.521. The lowest BCUT2D eigenvalue weighted by Gasteiger charge is -2.13. The van der Waals surface area contributed by atoms with Crippen LogP contribution in [0.15, 0.2) is 94.1 Å². The summed E-state index contributed by atoms with van der Waals surface area (Å²) in [5.41, 5.74) is 3.36. The third kappa shape index (κ3) is 6.80. The van der Waals surface area contributed by atoms with Crippen LogP contribution >= 0.6 is 31.9 Å². The summed E-state index contributed by atoms with van der Waals surface area (Å²) in [6.45, 7) is 1.80. The van der Waals surface area contributed by atoms with Gasteiger partial charge in [-0.2, -0.15) is 0 Å². The van der Waals surface area contributed by atoms with Crippen molar-refractivity contribution in [1.82, 2.24) is 9.97 Å². The van der Waals surface area contributed by atoms with Gasteiger partial charge in [-0.1, -0.05) is 36.4 Å². The summed E-state index contributed by atoms with van der Waals surface area (Å²) >= 11 is 6.83. The Hall–Kier alpha value is -2.90. The minimum atomic E-state index is 0.521. The predicted octanol–water partition coefficient (Wildman–Crippen LogP) is 6.80. The van der Waals surface area contributed by atoms with Crippen molar-refractivity contribution in [2.45, 2.75) is 19.7 Å².